The zero-order chi connectivity index (χ0) is 82.0. The second-order valence-electron chi connectivity index (χ2n) is 31.0. The fourth-order valence-corrected chi connectivity index (χ4v) is 18.1. The van der Waals surface area contributed by atoms with Crippen LogP contribution in [-0.4, -0.2) is 58.1 Å². The number of para-hydroxylation sites is 6. The molecule has 8 heterocycles. The molecule has 0 amide bonds. The fraction of sp³-hybridized carbons (Fsp3) is 0. The van der Waals surface area contributed by atoms with Crippen LogP contribution in [0.5, 0.6) is 0 Å². The summed E-state index contributed by atoms with van der Waals surface area (Å²) in [4.78, 5) is 39.3. The number of benzene rings is 16. The van der Waals surface area contributed by atoms with Gasteiger partial charge in [-0.05, 0) is 143 Å². The van der Waals surface area contributed by atoms with Gasteiger partial charge in [-0.2, -0.15) is 0 Å². The van der Waals surface area contributed by atoms with E-state index >= 15 is 0 Å². The van der Waals surface area contributed by atoms with Crippen molar-refractivity contribution in [1.29, 1.82) is 0 Å². The molecule has 0 aliphatic carbocycles. The average molecular weight is 1590 g/mol. The number of nitrogens with zero attached hydrogens (tertiary/aromatic N) is 12. The Morgan fingerprint density at radius 2 is 0.403 bits per heavy atom. The highest BCUT2D eigenvalue weighted by atomic mass is 15.1. The summed E-state index contributed by atoms with van der Waals surface area (Å²) in [5.74, 6) is 3.61. The summed E-state index contributed by atoms with van der Waals surface area (Å²) in [7, 11) is 0. The van der Waals surface area contributed by atoms with Gasteiger partial charge in [-0.15, -0.1) is 0 Å². The van der Waals surface area contributed by atoms with E-state index in [2.05, 4.69) is 309 Å². The van der Waals surface area contributed by atoms with Crippen LogP contribution < -0.4 is 0 Å². The molecular formula is C112H72N12. The number of aromatic nitrogens is 12. The van der Waals surface area contributed by atoms with E-state index in [1.807, 2.05) is 146 Å². The van der Waals surface area contributed by atoms with E-state index in [9.17, 15) is 0 Å². The van der Waals surface area contributed by atoms with Crippen molar-refractivity contribution in [2.24, 2.45) is 0 Å². The highest BCUT2D eigenvalue weighted by molar-refractivity contribution is 6.19. The first-order valence-electron chi connectivity index (χ1n) is 41.6. The first-order valence-corrected chi connectivity index (χ1v) is 41.6. The van der Waals surface area contributed by atoms with E-state index in [-0.39, 0.29) is 0 Å². The molecule has 0 saturated carbocycles. The molecule has 0 aliphatic heterocycles. The van der Waals surface area contributed by atoms with E-state index in [1.165, 1.54) is 71.1 Å². The normalized spacial score (nSPS) is 11.5. The van der Waals surface area contributed by atoms with Gasteiger partial charge in [0.1, 0.15) is 0 Å². The maximum atomic E-state index is 5.00. The minimum atomic E-state index is 0.571. The first kappa shape index (κ1) is 72.3. The summed E-state index contributed by atoms with van der Waals surface area (Å²) < 4.78 is 9.49. The Hall–Kier alpha value is -17.0. The Bertz CT molecular complexity index is 8030. The molecule has 0 aliphatic rings. The summed E-state index contributed by atoms with van der Waals surface area (Å²) in [6.07, 6.45) is 7.55. The van der Waals surface area contributed by atoms with E-state index in [0.717, 1.165) is 117 Å². The molecule has 0 fully saturated rings. The lowest BCUT2D eigenvalue weighted by molar-refractivity contribution is 1.07. The molecular weight excluding hydrogens is 1510 g/mol. The lowest BCUT2D eigenvalue weighted by Gasteiger charge is -2.12. The Morgan fingerprint density at radius 3 is 0.774 bits per heavy atom. The second kappa shape index (κ2) is 30.8. The molecule has 0 N–H and O–H groups in total. The summed E-state index contributed by atoms with van der Waals surface area (Å²) >= 11 is 0. The van der Waals surface area contributed by atoms with E-state index in [0.29, 0.717) is 34.9 Å². The molecule has 580 valence electrons. The number of pyridine rings is 2. The van der Waals surface area contributed by atoms with Gasteiger partial charge in [0, 0.05) is 135 Å². The molecule has 8 aromatic heterocycles. The highest BCUT2D eigenvalue weighted by Crippen LogP contribution is 2.45. The molecule has 124 heavy (non-hydrogen) atoms. The van der Waals surface area contributed by atoms with E-state index < -0.39 is 0 Å². The van der Waals surface area contributed by atoms with Crippen LogP contribution in [0, 0.1) is 0 Å². The lowest BCUT2D eigenvalue weighted by atomic mass is 9.99. The summed E-state index contributed by atoms with van der Waals surface area (Å²) in [5.41, 5.74) is 28.0. The predicted molar refractivity (Wildman–Crippen MR) is 507 cm³/mol. The van der Waals surface area contributed by atoms with Crippen LogP contribution in [0.4, 0.5) is 0 Å². The largest absolute Gasteiger partial charge is 0.309 e. The van der Waals surface area contributed by atoms with Crippen molar-refractivity contribution in [3.8, 4) is 136 Å². The van der Waals surface area contributed by atoms with Gasteiger partial charge in [0.2, 0.25) is 0 Å². The van der Waals surface area contributed by atoms with Crippen molar-refractivity contribution in [3.63, 3.8) is 0 Å². The predicted octanol–water partition coefficient (Wildman–Crippen LogP) is 27.6. The van der Waals surface area contributed by atoms with Crippen LogP contribution in [0.2, 0.25) is 0 Å². The quantitative estimate of drug-likeness (QED) is 0.105. The molecule has 0 bridgehead atoms. The third-order valence-corrected chi connectivity index (χ3v) is 23.7. The number of rotatable bonds is 14. The van der Waals surface area contributed by atoms with Crippen molar-refractivity contribution in [3.05, 3.63) is 437 Å². The SMILES string of the molecule is c1ccc(-c2nc(-c3ccccc3)nc(-c3cncc(-c4cccc5c4c4ccccc4n5-c4ccc(-c5ccc6c7ccccc7n(-c7ccccc7)c6c5)cc4)c3)n2)cc1.c1ccc(-c2nc(-c3ccccc3)nc(-c3cncc(-c4cccc5c4c4ccccc4n5-c4ccc(-c5cccc6c5c5ccccc5n6-c5ccccc5)cc4)c3)n2)cc1. The van der Waals surface area contributed by atoms with Gasteiger partial charge in [-0.3, -0.25) is 9.97 Å². The van der Waals surface area contributed by atoms with Crippen molar-refractivity contribution >= 4 is 87.2 Å². The molecule has 0 saturated heterocycles. The second-order valence-corrected chi connectivity index (χ2v) is 31.0. The summed E-state index contributed by atoms with van der Waals surface area (Å²) in [6.45, 7) is 0. The molecule has 24 aromatic rings. The summed E-state index contributed by atoms with van der Waals surface area (Å²) in [5, 5.41) is 9.65. The zero-order valence-electron chi connectivity index (χ0n) is 66.9. The number of fused-ring (bicyclic) bond motifs is 12. The van der Waals surface area contributed by atoms with Crippen molar-refractivity contribution in [2.75, 3.05) is 0 Å². The van der Waals surface area contributed by atoms with Crippen molar-refractivity contribution in [2.45, 2.75) is 0 Å². The highest BCUT2D eigenvalue weighted by Gasteiger charge is 2.24. The van der Waals surface area contributed by atoms with Crippen LogP contribution >= 0.6 is 0 Å². The molecule has 0 unspecified atom stereocenters. The Kier molecular flexibility index (Phi) is 17.9. The lowest BCUT2D eigenvalue weighted by Crippen LogP contribution is -2.00. The maximum absolute atomic E-state index is 5.00. The average Bonchev–Trinajstić information content (AvgIpc) is 1.61. The number of hydrogen-bond acceptors (Lipinski definition) is 8. The van der Waals surface area contributed by atoms with Crippen molar-refractivity contribution in [1.82, 2.24) is 58.1 Å². The van der Waals surface area contributed by atoms with Crippen LogP contribution in [0.15, 0.2) is 437 Å². The molecule has 24 rings (SSSR count). The van der Waals surface area contributed by atoms with Gasteiger partial charge in [-0.25, -0.2) is 29.9 Å². The Morgan fingerprint density at radius 1 is 0.145 bits per heavy atom. The smallest absolute Gasteiger partial charge is 0.165 e. The molecule has 12 nitrogen and oxygen atoms in total. The zero-order valence-corrected chi connectivity index (χ0v) is 66.9. The monoisotopic (exact) mass is 1580 g/mol. The third-order valence-electron chi connectivity index (χ3n) is 23.7. The minimum Gasteiger partial charge on any atom is -0.309 e. The van der Waals surface area contributed by atoms with Gasteiger partial charge >= 0.3 is 0 Å². The van der Waals surface area contributed by atoms with Gasteiger partial charge in [0.15, 0.2) is 34.9 Å². The molecule has 16 aromatic carbocycles. The topological polar surface area (TPSA) is 123 Å². The van der Waals surface area contributed by atoms with Crippen LogP contribution in [0.1, 0.15) is 0 Å². The number of hydrogen-bond donors (Lipinski definition) is 0. The third kappa shape index (κ3) is 12.8. The fourth-order valence-electron chi connectivity index (χ4n) is 18.1. The van der Waals surface area contributed by atoms with Crippen molar-refractivity contribution < 1.29 is 0 Å². The molecule has 12 heteroatoms. The maximum Gasteiger partial charge on any atom is 0.165 e. The molecule has 0 radical (unpaired) electrons. The minimum absolute atomic E-state index is 0.571. The van der Waals surface area contributed by atoms with Gasteiger partial charge < -0.3 is 18.3 Å². The van der Waals surface area contributed by atoms with Gasteiger partial charge in [-0.1, -0.05) is 303 Å². The first-order chi connectivity index (χ1) is 61.5. The Labute approximate surface area is 713 Å². The van der Waals surface area contributed by atoms with Crippen LogP contribution in [0.25, 0.3) is 223 Å². The van der Waals surface area contributed by atoms with Crippen LogP contribution in [0.3, 0.4) is 0 Å². The van der Waals surface area contributed by atoms with Crippen LogP contribution in [-0.2, 0) is 0 Å². The summed E-state index contributed by atoms with van der Waals surface area (Å²) in [6, 6.07) is 145. The van der Waals surface area contributed by atoms with E-state index in [1.54, 1.807) is 0 Å². The van der Waals surface area contributed by atoms with Gasteiger partial charge in [0.05, 0.1) is 44.1 Å². The van der Waals surface area contributed by atoms with E-state index in [4.69, 9.17) is 39.9 Å². The van der Waals surface area contributed by atoms with Gasteiger partial charge in [0.25, 0.3) is 0 Å². The Balaban J connectivity index is 0.000000143. The standard InChI is InChI=1S/2C56H36N6/c1-4-16-38(17-5-1)54-58-55(39-18-6-2-7-19-39)60-56(59-54)41-34-40(35-57-36-41)45-25-15-29-51-53(45)47-23-11-13-27-49(47)62(51)43-32-30-37(31-33-43)44-24-14-28-50-52(44)46-22-10-12-26-48(46)61(50)42-20-8-3-9-21-42;1-4-15-38(16-5-1)54-58-55(39-17-6-2-7-18-39)60-56(59-54)42-33-41(35-57-36-42)45-23-14-26-51-53(45)48-22-11-13-25-50(48)61(51)44-30-27-37(28-31-44)40-29-32-47-46-21-10-12-24-49(46)62(52(47)34-40)43-19-8-3-9-20-43/h2*1-36H. The molecule has 0 atom stereocenters. The molecule has 0 spiro atoms.